The molecular weight excluding hydrogens is 448 g/mol. The number of carbonyl (C=O) groups excluding carboxylic acids is 1. The second-order valence-corrected chi connectivity index (χ2v) is 11.0. The third kappa shape index (κ3) is 5.51. The summed E-state index contributed by atoms with van der Waals surface area (Å²) in [6, 6.07) is 5.02. The highest BCUT2D eigenvalue weighted by Crippen LogP contribution is 2.24. The first-order valence-electron chi connectivity index (χ1n) is 10.8. The summed E-state index contributed by atoms with van der Waals surface area (Å²) >= 11 is 1.40. The fourth-order valence-corrected chi connectivity index (χ4v) is 5.09. The summed E-state index contributed by atoms with van der Waals surface area (Å²) < 4.78 is 28.3. The molecule has 0 bridgehead atoms. The molecule has 32 heavy (non-hydrogen) atoms. The predicted molar refractivity (Wildman–Crippen MR) is 126 cm³/mol. The standard InChI is InChI=1S/C21H30N6O3S2/c1-5-7-13-27-17-10-9-15(32(29,30)26(3)4)14-16(17)22-18(27)11-12-19(28)23-21-25-24-20(31-21)8-6-2/h9-10,14H,5-8,11-13H2,1-4H3,(H,23,25,28). The number of fused-ring (bicyclic) bond motifs is 1. The van der Waals surface area contributed by atoms with Gasteiger partial charge in [0.2, 0.25) is 21.1 Å². The van der Waals surface area contributed by atoms with Gasteiger partial charge in [0, 0.05) is 39.9 Å². The number of aromatic nitrogens is 4. The molecule has 0 saturated heterocycles. The van der Waals surface area contributed by atoms with Crippen molar-refractivity contribution in [2.45, 2.75) is 63.8 Å². The molecule has 0 unspecified atom stereocenters. The van der Waals surface area contributed by atoms with Gasteiger partial charge in [-0.15, -0.1) is 10.2 Å². The van der Waals surface area contributed by atoms with Gasteiger partial charge in [-0.2, -0.15) is 0 Å². The number of unbranched alkanes of at least 4 members (excludes halogenated alkanes) is 1. The number of nitrogens with one attached hydrogen (secondary N) is 1. The molecule has 0 saturated carbocycles. The zero-order valence-corrected chi connectivity index (χ0v) is 20.6. The summed E-state index contributed by atoms with van der Waals surface area (Å²) in [5.41, 5.74) is 1.49. The molecule has 0 atom stereocenters. The van der Waals surface area contributed by atoms with Crippen LogP contribution in [0.25, 0.3) is 11.0 Å². The summed E-state index contributed by atoms with van der Waals surface area (Å²) in [6.07, 6.45) is 4.51. The number of aryl methyl sites for hydroxylation is 3. The summed E-state index contributed by atoms with van der Waals surface area (Å²) in [5, 5.41) is 12.3. The van der Waals surface area contributed by atoms with Crippen LogP contribution in [0.4, 0.5) is 5.13 Å². The van der Waals surface area contributed by atoms with E-state index in [1.165, 1.54) is 29.7 Å². The van der Waals surface area contributed by atoms with Gasteiger partial charge in [-0.3, -0.25) is 4.79 Å². The first-order chi connectivity index (χ1) is 15.3. The van der Waals surface area contributed by atoms with Crippen molar-refractivity contribution in [2.75, 3.05) is 19.4 Å². The molecule has 11 heteroatoms. The van der Waals surface area contributed by atoms with Gasteiger partial charge in [-0.1, -0.05) is 31.6 Å². The van der Waals surface area contributed by atoms with Crippen molar-refractivity contribution in [1.29, 1.82) is 0 Å². The highest BCUT2D eigenvalue weighted by atomic mass is 32.2. The summed E-state index contributed by atoms with van der Waals surface area (Å²) in [6.45, 7) is 4.95. The van der Waals surface area contributed by atoms with Crippen LogP contribution in [0.2, 0.25) is 0 Å². The maximum Gasteiger partial charge on any atom is 0.242 e. The highest BCUT2D eigenvalue weighted by molar-refractivity contribution is 7.89. The zero-order chi connectivity index (χ0) is 23.3. The van der Waals surface area contributed by atoms with Gasteiger partial charge in [0.25, 0.3) is 0 Å². The van der Waals surface area contributed by atoms with Crippen LogP contribution in [-0.2, 0) is 34.2 Å². The molecule has 0 spiro atoms. The number of benzene rings is 1. The first-order valence-corrected chi connectivity index (χ1v) is 13.1. The molecule has 0 fully saturated rings. The van der Waals surface area contributed by atoms with Gasteiger partial charge in [0.05, 0.1) is 15.9 Å². The Kier molecular flexibility index (Phi) is 7.96. The summed E-state index contributed by atoms with van der Waals surface area (Å²) in [5.74, 6) is 0.626. The molecule has 0 aliphatic heterocycles. The van der Waals surface area contributed by atoms with Gasteiger partial charge in [-0.25, -0.2) is 17.7 Å². The van der Waals surface area contributed by atoms with Gasteiger partial charge < -0.3 is 9.88 Å². The molecule has 1 aromatic carbocycles. The molecule has 174 valence electrons. The minimum atomic E-state index is -3.54. The van der Waals surface area contributed by atoms with E-state index >= 15 is 0 Å². The number of rotatable bonds is 11. The SMILES string of the molecule is CCCCn1c(CCC(=O)Nc2nnc(CCC)s2)nc2cc(S(=O)(=O)N(C)C)ccc21. The van der Waals surface area contributed by atoms with Crippen LogP contribution in [-0.4, -0.2) is 52.5 Å². The van der Waals surface area contributed by atoms with Crippen molar-refractivity contribution >= 4 is 43.4 Å². The van der Waals surface area contributed by atoms with E-state index in [1.807, 2.05) is 0 Å². The Morgan fingerprint density at radius 3 is 2.62 bits per heavy atom. The Balaban J connectivity index is 1.79. The quantitative estimate of drug-likeness (QED) is 0.452. The van der Waals surface area contributed by atoms with Crippen molar-refractivity contribution in [2.24, 2.45) is 0 Å². The minimum absolute atomic E-state index is 0.144. The average Bonchev–Trinajstić information content (AvgIpc) is 3.34. The van der Waals surface area contributed by atoms with Gasteiger partial charge >= 0.3 is 0 Å². The molecule has 0 aliphatic rings. The Bertz CT molecular complexity index is 1180. The molecule has 9 nitrogen and oxygen atoms in total. The fraction of sp³-hybridized carbons (Fsp3) is 0.524. The van der Waals surface area contributed by atoms with E-state index in [4.69, 9.17) is 0 Å². The minimum Gasteiger partial charge on any atom is -0.328 e. The lowest BCUT2D eigenvalue weighted by Gasteiger charge is -2.11. The number of nitrogens with zero attached hydrogens (tertiary/aromatic N) is 5. The van der Waals surface area contributed by atoms with E-state index in [1.54, 1.807) is 18.2 Å². The van der Waals surface area contributed by atoms with Crippen molar-refractivity contribution in [3.63, 3.8) is 0 Å². The van der Waals surface area contributed by atoms with Crippen LogP contribution < -0.4 is 5.32 Å². The molecule has 3 rings (SSSR count). The molecule has 0 aliphatic carbocycles. The average molecular weight is 479 g/mol. The van der Waals surface area contributed by atoms with E-state index in [0.717, 1.165) is 48.6 Å². The van der Waals surface area contributed by atoms with Gasteiger partial charge in [0.1, 0.15) is 10.8 Å². The number of anilines is 1. The number of sulfonamides is 1. The van der Waals surface area contributed by atoms with E-state index in [-0.39, 0.29) is 17.2 Å². The Morgan fingerprint density at radius 1 is 1.16 bits per heavy atom. The normalized spacial score (nSPS) is 12.0. The number of amides is 1. The zero-order valence-electron chi connectivity index (χ0n) is 19.0. The molecule has 2 heterocycles. The van der Waals surface area contributed by atoms with E-state index in [0.29, 0.717) is 17.1 Å². The molecule has 2 aromatic heterocycles. The molecular formula is C21H30N6O3S2. The summed E-state index contributed by atoms with van der Waals surface area (Å²) in [4.78, 5) is 17.3. The van der Waals surface area contributed by atoms with Crippen LogP contribution in [0.1, 0.15) is 50.4 Å². The smallest absolute Gasteiger partial charge is 0.242 e. The van der Waals surface area contributed by atoms with E-state index in [2.05, 4.69) is 38.9 Å². The van der Waals surface area contributed by atoms with Crippen molar-refractivity contribution in [1.82, 2.24) is 24.1 Å². The maximum absolute atomic E-state index is 12.5. The molecule has 3 aromatic rings. The Labute approximate surface area is 192 Å². The van der Waals surface area contributed by atoms with Crippen LogP contribution in [0.3, 0.4) is 0 Å². The maximum atomic E-state index is 12.5. The lowest BCUT2D eigenvalue weighted by molar-refractivity contribution is -0.116. The summed E-state index contributed by atoms with van der Waals surface area (Å²) in [7, 11) is -0.530. The third-order valence-electron chi connectivity index (χ3n) is 5.07. The Hall–Kier alpha value is -2.37. The lowest BCUT2D eigenvalue weighted by atomic mass is 10.2. The van der Waals surface area contributed by atoms with Crippen molar-refractivity contribution in [3.05, 3.63) is 29.0 Å². The highest BCUT2D eigenvalue weighted by Gasteiger charge is 2.20. The second-order valence-electron chi connectivity index (χ2n) is 7.77. The molecule has 1 N–H and O–H groups in total. The van der Waals surface area contributed by atoms with Crippen LogP contribution in [0, 0.1) is 0 Å². The number of imidazole rings is 1. The third-order valence-corrected chi connectivity index (χ3v) is 7.77. The number of hydrogen-bond acceptors (Lipinski definition) is 7. The largest absolute Gasteiger partial charge is 0.328 e. The molecule has 0 radical (unpaired) electrons. The van der Waals surface area contributed by atoms with Crippen LogP contribution in [0.5, 0.6) is 0 Å². The second kappa shape index (κ2) is 10.5. The lowest BCUT2D eigenvalue weighted by Crippen LogP contribution is -2.22. The van der Waals surface area contributed by atoms with E-state index in [9.17, 15) is 13.2 Å². The van der Waals surface area contributed by atoms with Crippen LogP contribution in [0.15, 0.2) is 23.1 Å². The van der Waals surface area contributed by atoms with Crippen LogP contribution >= 0.6 is 11.3 Å². The van der Waals surface area contributed by atoms with Crippen molar-refractivity contribution < 1.29 is 13.2 Å². The Morgan fingerprint density at radius 2 is 1.94 bits per heavy atom. The van der Waals surface area contributed by atoms with Gasteiger partial charge in [-0.05, 0) is 31.0 Å². The van der Waals surface area contributed by atoms with Gasteiger partial charge in [0.15, 0.2) is 0 Å². The number of carbonyl (C=O) groups is 1. The topological polar surface area (TPSA) is 110 Å². The van der Waals surface area contributed by atoms with E-state index < -0.39 is 10.0 Å². The molecule has 1 amide bonds. The monoisotopic (exact) mass is 478 g/mol. The predicted octanol–water partition coefficient (Wildman–Crippen LogP) is 3.46. The van der Waals surface area contributed by atoms with Crippen molar-refractivity contribution in [3.8, 4) is 0 Å². The number of hydrogen-bond donors (Lipinski definition) is 1. The first kappa shape index (κ1) is 24.3. The fourth-order valence-electron chi connectivity index (χ4n) is 3.31.